The fraction of sp³-hybridized carbons (Fsp3) is 0.385. The number of rotatable bonds is 3. The second-order valence-corrected chi connectivity index (χ2v) is 10.2. The predicted octanol–water partition coefficient (Wildman–Crippen LogP) is 2.07. The fourth-order valence-electron chi connectivity index (χ4n) is 2.19. The van der Waals surface area contributed by atoms with Gasteiger partial charge >= 0.3 is 119 Å². The van der Waals surface area contributed by atoms with Gasteiger partial charge < -0.3 is 0 Å². The van der Waals surface area contributed by atoms with Gasteiger partial charge in [-0.3, -0.25) is 0 Å². The molecule has 0 bridgehead atoms. The standard InChI is InChI=1S/C13H15O4.Hg/c1-17-12(10-5-3-2-4-6-10)9-11(14)7-8-13(15)16;/h2-6,9,12H,7-8H2,1H3,(H,15,16);/q;+1/p-1. The second kappa shape index (κ2) is 6.43. The van der Waals surface area contributed by atoms with Crippen molar-refractivity contribution >= 4 is 11.8 Å². The molecule has 5 heteroatoms. The molecule has 0 radical (unpaired) electrons. The van der Waals surface area contributed by atoms with Crippen LogP contribution in [0, 0.1) is 0 Å². The number of methoxy groups -OCH3 is 1. The van der Waals surface area contributed by atoms with Crippen molar-refractivity contribution in [2.24, 2.45) is 0 Å². The molecule has 2 rings (SSSR count). The summed E-state index contributed by atoms with van der Waals surface area (Å²) in [7, 11) is 1.60. The van der Waals surface area contributed by atoms with Crippen LogP contribution in [-0.2, 0) is 42.0 Å². The summed E-state index contributed by atoms with van der Waals surface area (Å²) in [6, 6.07) is 9.66. The molecule has 0 N–H and O–H groups in total. The van der Waals surface area contributed by atoms with Crippen molar-refractivity contribution in [2.45, 2.75) is 22.4 Å². The average molecular weight is 435 g/mol. The summed E-state index contributed by atoms with van der Waals surface area (Å²) in [4.78, 5) is 23.3. The second-order valence-electron chi connectivity index (χ2n) is 4.32. The molecule has 92 valence electrons. The van der Waals surface area contributed by atoms with Crippen LogP contribution in [0.3, 0.4) is 0 Å². The van der Waals surface area contributed by atoms with Gasteiger partial charge in [-0.25, -0.2) is 0 Å². The van der Waals surface area contributed by atoms with E-state index in [1.165, 1.54) is 0 Å². The van der Waals surface area contributed by atoms with Crippen LogP contribution in [0.1, 0.15) is 24.5 Å². The zero-order chi connectivity index (χ0) is 13.0. The van der Waals surface area contributed by atoms with Crippen molar-refractivity contribution in [2.75, 3.05) is 7.11 Å². The van der Waals surface area contributed by atoms with Gasteiger partial charge in [0.05, 0.1) is 0 Å². The third kappa shape index (κ3) is 3.17. The van der Waals surface area contributed by atoms with E-state index in [4.69, 9.17) is 7.38 Å². The van der Waals surface area contributed by atoms with Gasteiger partial charge in [-0.05, 0) is 0 Å². The van der Waals surface area contributed by atoms with Crippen molar-refractivity contribution < 1.29 is 42.0 Å². The van der Waals surface area contributed by atoms with Crippen LogP contribution < -0.4 is 0 Å². The predicted molar refractivity (Wildman–Crippen MR) is 60.3 cm³/mol. The number of ether oxygens (including phenoxy) is 1. The molecule has 1 fully saturated rings. The van der Waals surface area contributed by atoms with Crippen molar-refractivity contribution in [3.8, 4) is 0 Å². The number of Topliss-reactive ketones (excluding diaryl/α,β-unsaturated/α-hetero) is 1. The SMILES string of the molecule is COC(c1ccccc1)[CH]1[Hg][O]C(=O)CCC1=O. The summed E-state index contributed by atoms with van der Waals surface area (Å²) in [6.07, 6.45) is 0.253. The Kier molecular flexibility index (Phi) is 4.89. The first-order chi connectivity index (χ1) is 8.72. The summed E-state index contributed by atoms with van der Waals surface area (Å²) in [5.41, 5.74) is 0.983. The molecule has 0 spiro atoms. The molecule has 2 atom stereocenters. The summed E-state index contributed by atoms with van der Waals surface area (Å²) >= 11 is -2.03. The maximum absolute atomic E-state index is 12.1. The Labute approximate surface area is 119 Å². The Bertz CT molecular complexity index is 432. The van der Waals surface area contributed by atoms with Crippen LogP contribution in [0.5, 0.6) is 0 Å². The van der Waals surface area contributed by atoms with Gasteiger partial charge in [0.15, 0.2) is 0 Å². The van der Waals surface area contributed by atoms with Crippen LogP contribution in [0.4, 0.5) is 0 Å². The normalized spacial score (nSPS) is 21.3. The molecule has 0 amide bonds. The number of benzene rings is 1. The fourth-order valence-corrected chi connectivity index (χ4v) is 8.17. The van der Waals surface area contributed by atoms with E-state index in [-0.39, 0.29) is 34.1 Å². The zero-order valence-corrected chi connectivity index (χ0v) is 15.8. The van der Waals surface area contributed by atoms with Crippen molar-refractivity contribution in [1.29, 1.82) is 0 Å². The van der Waals surface area contributed by atoms with Crippen molar-refractivity contribution in [3.05, 3.63) is 35.9 Å². The molecule has 4 nitrogen and oxygen atoms in total. The molecule has 1 heterocycles. The first-order valence-electron chi connectivity index (χ1n) is 5.98. The molecule has 1 saturated heterocycles. The van der Waals surface area contributed by atoms with Crippen molar-refractivity contribution in [3.63, 3.8) is 0 Å². The molecule has 1 aliphatic rings. The first-order valence-corrected chi connectivity index (χ1v) is 11.4. The number of hydrogen-bond donors (Lipinski definition) is 0. The Morgan fingerprint density at radius 3 is 2.67 bits per heavy atom. The summed E-state index contributed by atoms with van der Waals surface area (Å²) in [5, 5.41) is 0. The quantitative estimate of drug-likeness (QED) is 0.683. The van der Waals surface area contributed by atoms with Crippen molar-refractivity contribution in [1.82, 2.24) is 0 Å². The molecular formula is C13H14HgO4. The van der Waals surface area contributed by atoms with Gasteiger partial charge in [0.2, 0.25) is 0 Å². The Morgan fingerprint density at radius 1 is 1.28 bits per heavy atom. The molecule has 0 saturated carbocycles. The van der Waals surface area contributed by atoms with Gasteiger partial charge in [0.25, 0.3) is 0 Å². The molecule has 18 heavy (non-hydrogen) atoms. The molecule has 1 aliphatic heterocycles. The van der Waals surface area contributed by atoms with Crippen LogP contribution in [-0.4, -0.2) is 18.9 Å². The number of ketones is 1. The van der Waals surface area contributed by atoms with Crippen LogP contribution in [0.25, 0.3) is 0 Å². The zero-order valence-electron chi connectivity index (χ0n) is 10.3. The first kappa shape index (κ1) is 13.7. The summed E-state index contributed by atoms with van der Waals surface area (Å²) in [6.45, 7) is 0. The van der Waals surface area contributed by atoms with E-state index < -0.39 is 25.0 Å². The summed E-state index contributed by atoms with van der Waals surface area (Å²) in [5.74, 6) is -0.0892. The Morgan fingerprint density at radius 2 is 2.00 bits per heavy atom. The molecule has 1 aromatic carbocycles. The molecule has 0 aliphatic carbocycles. The molecular weight excluding hydrogens is 421 g/mol. The van der Waals surface area contributed by atoms with E-state index in [2.05, 4.69) is 0 Å². The van der Waals surface area contributed by atoms with Gasteiger partial charge in [-0.1, -0.05) is 0 Å². The van der Waals surface area contributed by atoms with Crippen LogP contribution in [0.15, 0.2) is 30.3 Å². The third-order valence-electron chi connectivity index (χ3n) is 3.16. The Hall–Kier alpha value is -0.745. The number of carbonyl (C=O) groups excluding carboxylic acids is 2. The van der Waals surface area contributed by atoms with E-state index in [1.807, 2.05) is 30.3 Å². The van der Waals surface area contributed by atoms with E-state index in [1.54, 1.807) is 7.11 Å². The van der Waals surface area contributed by atoms with Gasteiger partial charge in [-0.2, -0.15) is 0 Å². The van der Waals surface area contributed by atoms with E-state index in [0.29, 0.717) is 0 Å². The molecule has 2 unspecified atom stereocenters. The molecule has 0 aromatic heterocycles. The van der Waals surface area contributed by atoms with Gasteiger partial charge in [-0.15, -0.1) is 0 Å². The Balaban J connectivity index is 2.21. The van der Waals surface area contributed by atoms with Gasteiger partial charge in [0, 0.05) is 0 Å². The van der Waals surface area contributed by atoms with E-state index in [0.717, 1.165) is 5.56 Å². The van der Waals surface area contributed by atoms with Crippen LogP contribution in [0.2, 0.25) is 3.43 Å². The minimum absolute atomic E-state index is 0.123. The number of hydrogen-bond acceptors (Lipinski definition) is 4. The minimum atomic E-state index is -2.03. The number of carbonyl (C=O) groups is 2. The summed E-state index contributed by atoms with van der Waals surface area (Å²) < 4.78 is 10.6. The average Bonchev–Trinajstić information content (AvgIpc) is 2.56. The third-order valence-corrected chi connectivity index (χ3v) is 9.89. The topological polar surface area (TPSA) is 52.6 Å². The monoisotopic (exact) mass is 436 g/mol. The van der Waals surface area contributed by atoms with E-state index in [9.17, 15) is 9.59 Å². The van der Waals surface area contributed by atoms with E-state index >= 15 is 0 Å². The molecule has 1 aromatic rings. The maximum atomic E-state index is 12.1. The van der Waals surface area contributed by atoms with Crippen LogP contribution >= 0.6 is 0 Å². The van der Waals surface area contributed by atoms with Gasteiger partial charge in [0.1, 0.15) is 0 Å².